The van der Waals surface area contributed by atoms with E-state index in [0.717, 1.165) is 0 Å². The maximum atomic E-state index is 2.61. The van der Waals surface area contributed by atoms with Gasteiger partial charge in [0.25, 0.3) is 5.82 Å². The van der Waals surface area contributed by atoms with Gasteiger partial charge in [-0.25, -0.2) is 9.13 Å². The van der Waals surface area contributed by atoms with E-state index in [2.05, 4.69) is 42.3 Å². The van der Waals surface area contributed by atoms with Gasteiger partial charge < -0.3 is 0 Å². The molecule has 2 heteroatoms. The van der Waals surface area contributed by atoms with E-state index >= 15 is 0 Å². The average molecular weight is 588 g/mol. The minimum Gasteiger partial charge on any atom is -0.234 e. The molecule has 1 heterocycles. The van der Waals surface area contributed by atoms with E-state index in [1.165, 1.54) is 219 Å². The van der Waals surface area contributed by atoms with Crippen LogP contribution in [0.3, 0.4) is 0 Å². The Morgan fingerprint density at radius 1 is 0.405 bits per heavy atom. The Hall–Kier alpha value is -0.790. The molecule has 0 radical (unpaired) electrons. The van der Waals surface area contributed by atoms with E-state index < -0.39 is 0 Å². The van der Waals surface area contributed by atoms with Crippen molar-refractivity contribution in [2.45, 2.75) is 239 Å². The van der Waals surface area contributed by atoms with Gasteiger partial charge in [-0.3, -0.25) is 0 Å². The fourth-order valence-electron chi connectivity index (χ4n) is 6.68. The van der Waals surface area contributed by atoms with E-state index in [1.54, 1.807) is 5.82 Å². The molecule has 0 unspecified atom stereocenters. The van der Waals surface area contributed by atoms with Gasteiger partial charge in [-0.05, 0) is 32.1 Å². The van der Waals surface area contributed by atoms with Crippen molar-refractivity contribution < 1.29 is 4.57 Å². The van der Waals surface area contributed by atoms with Gasteiger partial charge in [0.05, 0.1) is 13.1 Å². The Kier molecular flexibility index (Phi) is 29.5. The second-order valence-electron chi connectivity index (χ2n) is 13.8. The number of imidazole rings is 1. The summed E-state index contributed by atoms with van der Waals surface area (Å²) in [6.45, 7) is 9.40. The zero-order valence-electron chi connectivity index (χ0n) is 29.6. The molecular formula is C40H79N2+. The second-order valence-corrected chi connectivity index (χ2v) is 13.8. The Morgan fingerprint density at radius 3 is 1.14 bits per heavy atom. The summed E-state index contributed by atoms with van der Waals surface area (Å²) in [5.74, 6) is 1.60. The van der Waals surface area contributed by atoms with Crippen LogP contribution in [-0.2, 0) is 19.5 Å². The minimum absolute atomic E-state index is 1.23. The molecule has 0 atom stereocenters. The molecule has 42 heavy (non-hydrogen) atoms. The van der Waals surface area contributed by atoms with Crippen molar-refractivity contribution >= 4 is 0 Å². The molecule has 0 bridgehead atoms. The molecule has 0 saturated carbocycles. The van der Waals surface area contributed by atoms with Crippen molar-refractivity contribution in [3.8, 4) is 0 Å². The molecule has 0 aromatic carbocycles. The van der Waals surface area contributed by atoms with Gasteiger partial charge in [0, 0.05) is 6.42 Å². The number of aromatic nitrogens is 2. The molecule has 0 N–H and O–H groups in total. The molecule has 248 valence electrons. The third-order valence-corrected chi connectivity index (χ3v) is 9.60. The van der Waals surface area contributed by atoms with E-state index in [9.17, 15) is 0 Å². The van der Waals surface area contributed by atoms with Crippen molar-refractivity contribution in [3.63, 3.8) is 0 Å². The SMILES string of the molecule is CCCCCCCCCCCCCCCCCC[n+]1ccn(CCCCCCCCCCCCCC)c1CCCCC. The Balaban J connectivity index is 2.09. The van der Waals surface area contributed by atoms with Gasteiger partial charge in [-0.1, -0.05) is 188 Å². The predicted molar refractivity (Wildman–Crippen MR) is 188 cm³/mol. The number of aryl methyl sites for hydroxylation is 2. The number of rotatable bonds is 34. The third kappa shape index (κ3) is 23.6. The highest BCUT2D eigenvalue weighted by Gasteiger charge is 2.16. The molecule has 1 aromatic rings. The van der Waals surface area contributed by atoms with Crippen molar-refractivity contribution in [1.82, 2.24) is 4.57 Å². The second kappa shape index (κ2) is 31.6. The van der Waals surface area contributed by atoms with Gasteiger partial charge >= 0.3 is 0 Å². The van der Waals surface area contributed by atoms with Crippen LogP contribution in [0.1, 0.15) is 226 Å². The molecule has 0 fully saturated rings. The van der Waals surface area contributed by atoms with Crippen LogP contribution in [0.4, 0.5) is 0 Å². The predicted octanol–water partition coefficient (Wildman–Crippen LogP) is 13.5. The molecule has 0 amide bonds. The highest BCUT2D eigenvalue weighted by Crippen LogP contribution is 2.15. The normalized spacial score (nSPS) is 11.6. The summed E-state index contributed by atoms with van der Waals surface area (Å²) in [6.07, 6.45) is 50.4. The number of hydrogen-bond acceptors (Lipinski definition) is 0. The summed E-state index contributed by atoms with van der Waals surface area (Å²) in [7, 11) is 0. The number of nitrogens with zero attached hydrogens (tertiary/aromatic N) is 2. The number of unbranched alkanes of at least 4 members (excludes halogenated alkanes) is 28. The summed E-state index contributed by atoms with van der Waals surface area (Å²) in [5.41, 5.74) is 0. The van der Waals surface area contributed by atoms with E-state index in [4.69, 9.17) is 0 Å². The zero-order valence-corrected chi connectivity index (χ0v) is 29.6. The molecule has 0 aliphatic carbocycles. The quantitative estimate of drug-likeness (QED) is 0.0560. The maximum Gasteiger partial charge on any atom is 0.256 e. The standard InChI is InChI=1S/C40H79N2/c1-4-7-10-12-14-16-18-20-21-22-23-25-27-29-31-34-37-42-39-38-41(40(42)35-32-9-6-3)36-33-30-28-26-24-19-17-15-13-11-8-5-2/h38-39H,4-37H2,1-3H3/q+1. The van der Waals surface area contributed by atoms with Crippen molar-refractivity contribution in [1.29, 1.82) is 0 Å². The van der Waals surface area contributed by atoms with Crippen LogP contribution in [0.5, 0.6) is 0 Å². The van der Waals surface area contributed by atoms with Crippen LogP contribution in [-0.4, -0.2) is 4.57 Å². The molecule has 2 nitrogen and oxygen atoms in total. The topological polar surface area (TPSA) is 8.81 Å². The van der Waals surface area contributed by atoms with Gasteiger partial charge in [0.1, 0.15) is 12.4 Å². The molecule has 0 saturated heterocycles. The molecule has 0 aliphatic heterocycles. The number of hydrogen-bond donors (Lipinski definition) is 0. The molecule has 0 aliphatic rings. The Bertz CT molecular complexity index is 648. The fourth-order valence-corrected chi connectivity index (χ4v) is 6.68. The minimum atomic E-state index is 1.23. The Morgan fingerprint density at radius 2 is 0.738 bits per heavy atom. The van der Waals surface area contributed by atoms with Crippen molar-refractivity contribution in [2.24, 2.45) is 0 Å². The highest BCUT2D eigenvalue weighted by molar-refractivity contribution is 4.84. The van der Waals surface area contributed by atoms with E-state index in [0.29, 0.717) is 0 Å². The largest absolute Gasteiger partial charge is 0.256 e. The third-order valence-electron chi connectivity index (χ3n) is 9.60. The van der Waals surface area contributed by atoms with Crippen LogP contribution in [0, 0.1) is 0 Å². The lowest BCUT2D eigenvalue weighted by molar-refractivity contribution is -0.704. The molecule has 1 rings (SSSR count). The van der Waals surface area contributed by atoms with Crippen LogP contribution >= 0.6 is 0 Å². The Labute approximate surface area is 266 Å². The molecular weight excluding hydrogens is 508 g/mol. The van der Waals surface area contributed by atoms with Crippen molar-refractivity contribution in [3.05, 3.63) is 18.2 Å². The van der Waals surface area contributed by atoms with E-state index in [-0.39, 0.29) is 0 Å². The average Bonchev–Trinajstić information content (AvgIpc) is 3.38. The molecule has 1 aromatic heterocycles. The van der Waals surface area contributed by atoms with Gasteiger partial charge in [0.2, 0.25) is 0 Å². The first kappa shape index (κ1) is 39.2. The van der Waals surface area contributed by atoms with Crippen LogP contribution in [0.15, 0.2) is 12.4 Å². The summed E-state index contributed by atoms with van der Waals surface area (Å²) in [4.78, 5) is 0. The smallest absolute Gasteiger partial charge is 0.234 e. The zero-order chi connectivity index (χ0) is 30.2. The summed E-state index contributed by atoms with van der Waals surface area (Å²) in [5, 5.41) is 0. The highest BCUT2D eigenvalue weighted by atomic mass is 15.1. The van der Waals surface area contributed by atoms with Gasteiger partial charge in [0.15, 0.2) is 0 Å². The lowest BCUT2D eigenvalue weighted by Crippen LogP contribution is -2.37. The van der Waals surface area contributed by atoms with E-state index in [1.807, 2.05) is 0 Å². The summed E-state index contributed by atoms with van der Waals surface area (Å²) in [6, 6.07) is 0. The maximum absolute atomic E-state index is 2.61. The fraction of sp³-hybridized carbons (Fsp3) is 0.925. The lowest BCUT2D eigenvalue weighted by Gasteiger charge is -2.07. The van der Waals surface area contributed by atoms with Crippen LogP contribution < -0.4 is 4.57 Å². The monoisotopic (exact) mass is 588 g/mol. The van der Waals surface area contributed by atoms with Crippen LogP contribution in [0.25, 0.3) is 0 Å². The summed E-state index contributed by atoms with van der Waals surface area (Å²) < 4.78 is 5.22. The first-order chi connectivity index (χ1) is 20.8. The van der Waals surface area contributed by atoms with Crippen molar-refractivity contribution in [2.75, 3.05) is 0 Å². The molecule has 0 spiro atoms. The van der Waals surface area contributed by atoms with Gasteiger partial charge in [-0.2, -0.15) is 0 Å². The summed E-state index contributed by atoms with van der Waals surface area (Å²) >= 11 is 0. The van der Waals surface area contributed by atoms with Crippen LogP contribution in [0.2, 0.25) is 0 Å². The lowest BCUT2D eigenvalue weighted by atomic mass is 10.0. The first-order valence-corrected chi connectivity index (χ1v) is 19.9. The first-order valence-electron chi connectivity index (χ1n) is 19.9. The van der Waals surface area contributed by atoms with Gasteiger partial charge in [-0.15, -0.1) is 0 Å².